The molecule has 0 aliphatic heterocycles. The average Bonchev–Trinajstić information content (AvgIpc) is 2.76. The van der Waals surface area contributed by atoms with E-state index in [2.05, 4.69) is 22.5 Å². The standard InChI is InChI=1S/C15H12Cl2N2/c1-2-19-13-6-7-15(17)18-12(13)9-14(19)10-4-3-5-11(16)8-10/h3-9H,2H2,1H3. The Bertz CT molecular complexity index is 747. The monoisotopic (exact) mass is 290 g/mol. The fourth-order valence-corrected chi connectivity index (χ4v) is 2.69. The van der Waals surface area contributed by atoms with Crippen molar-refractivity contribution in [1.29, 1.82) is 0 Å². The molecule has 0 saturated heterocycles. The van der Waals surface area contributed by atoms with Crippen molar-refractivity contribution in [3.63, 3.8) is 0 Å². The first-order chi connectivity index (χ1) is 9.19. The van der Waals surface area contributed by atoms with Gasteiger partial charge in [-0.3, -0.25) is 0 Å². The molecule has 3 rings (SSSR count). The van der Waals surface area contributed by atoms with Crippen molar-refractivity contribution in [3.05, 3.63) is 52.6 Å². The second-order valence-corrected chi connectivity index (χ2v) is 5.15. The summed E-state index contributed by atoms with van der Waals surface area (Å²) in [5.41, 5.74) is 4.18. The number of nitrogens with zero attached hydrogens (tertiary/aromatic N) is 2. The number of aryl methyl sites for hydroxylation is 1. The second kappa shape index (κ2) is 4.87. The number of pyridine rings is 1. The SMILES string of the molecule is CCn1c(-c2cccc(Cl)c2)cc2nc(Cl)ccc21. The van der Waals surface area contributed by atoms with Gasteiger partial charge in [0.05, 0.1) is 16.7 Å². The molecule has 0 unspecified atom stereocenters. The van der Waals surface area contributed by atoms with E-state index >= 15 is 0 Å². The van der Waals surface area contributed by atoms with Crippen molar-refractivity contribution < 1.29 is 0 Å². The molecule has 0 fully saturated rings. The van der Waals surface area contributed by atoms with Gasteiger partial charge in [0.2, 0.25) is 0 Å². The number of halogens is 2. The molecule has 0 N–H and O–H groups in total. The van der Waals surface area contributed by atoms with Crippen LogP contribution >= 0.6 is 23.2 Å². The van der Waals surface area contributed by atoms with E-state index in [1.165, 1.54) is 0 Å². The van der Waals surface area contributed by atoms with Gasteiger partial charge < -0.3 is 4.57 Å². The predicted octanol–water partition coefficient (Wildman–Crippen LogP) is 5.03. The van der Waals surface area contributed by atoms with Crippen molar-refractivity contribution in [2.45, 2.75) is 13.5 Å². The van der Waals surface area contributed by atoms with Gasteiger partial charge in [-0.05, 0) is 42.8 Å². The molecule has 0 aliphatic rings. The normalized spacial score (nSPS) is 11.1. The smallest absolute Gasteiger partial charge is 0.129 e. The summed E-state index contributed by atoms with van der Waals surface area (Å²) in [6, 6.07) is 13.7. The van der Waals surface area contributed by atoms with Crippen LogP contribution < -0.4 is 0 Å². The summed E-state index contributed by atoms with van der Waals surface area (Å²) < 4.78 is 2.21. The lowest BCUT2D eigenvalue weighted by atomic mass is 10.1. The average molecular weight is 291 g/mol. The summed E-state index contributed by atoms with van der Waals surface area (Å²) in [6.45, 7) is 2.98. The first-order valence-corrected chi connectivity index (χ1v) is 6.86. The van der Waals surface area contributed by atoms with Crippen LogP contribution in [-0.4, -0.2) is 9.55 Å². The zero-order valence-electron chi connectivity index (χ0n) is 10.4. The number of rotatable bonds is 2. The van der Waals surface area contributed by atoms with E-state index in [4.69, 9.17) is 23.2 Å². The summed E-state index contributed by atoms with van der Waals surface area (Å²) >= 11 is 12.0. The molecule has 0 spiro atoms. The highest BCUT2D eigenvalue weighted by Crippen LogP contribution is 2.29. The highest BCUT2D eigenvalue weighted by molar-refractivity contribution is 6.31. The molecule has 2 aromatic heterocycles. The van der Waals surface area contributed by atoms with Gasteiger partial charge >= 0.3 is 0 Å². The fourth-order valence-electron chi connectivity index (χ4n) is 2.34. The van der Waals surface area contributed by atoms with Crippen LogP contribution in [0.15, 0.2) is 42.5 Å². The van der Waals surface area contributed by atoms with Crippen LogP contribution in [0.25, 0.3) is 22.3 Å². The van der Waals surface area contributed by atoms with Crippen LogP contribution in [-0.2, 0) is 6.54 Å². The molecule has 0 aliphatic carbocycles. The molecule has 4 heteroatoms. The lowest BCUT2D eigenvalue weighted by Crippen LogP contribution is -1.96. The Hall–Kier alpha value is -1.51. The maximum absolute atomic E-state index is 6.07. The van der Waals surface area contributed by atoms with Crippen molar-refractivity contribution in [1.82, 2.24) is 9.55 Å². The third kappa shape index (κ3) is 2.22. The summed E-state index contributed by atoms with van der Waals surface area (Å²) in [5.74, 6) is 0. The van der Waals surface area contributed by atoms with Crippen molar-refractivity contribution in [3.8, 4) is 11.3 Å². The van der Waals surface area contributed by atoms with E-state index in [9.17, 15) is 0 Å². The molecule has 0 saturated carbocycles. The first kappa shape index (κ1) is 12.5. The number of hydrogen-bond acceptors (Lipinski definition) is 1. The quantitative estimate of drug-likeness (QED) is 0.605. The lowest BCUT2D eigenvalue weighted by molar-refractivity contribution is 0.805. The van der Waals surface area contributed by atoms with Crippen LogP contribution in [0.4, 0.5) is 0 Å². The molecule has 0 atom stereocenters. The Balaban J connectivity index is 2.28. The Morgan fingerprint density at radius 2 is 1.95 bits per heavy atom. The van der Waals surface area contributed by atoms with E-state index in [1.807, 2.05) is 36.4 Å². The topological polar surface area (TPSA) is 17.8 Å². The zero-order valence-corrected chi connectivity index (χ0v) is 11.9. The van der Waals surface area contributed by atoms with E-state index in [1.54, 1.807) is 0 Å². The minimum Gasteiger partial charge on any atom is -0.339 e. The largest absolute Gasteiger partial charge is 0.339 e. The Kier molecular flexibility index (Phi) is 3.21. The highest BCUT2D eigenvalue weighted by atomic mass is 35.5. The molecule has 1 aromatic carbocycles. The molecular formula is C15H12Cl2N2. The minimum atomic E-state index is 0.512. The summed E-state index contributed by atoms with van der Waals surface area (Å²) in [7, 11) is 0. The number of fused-ring (bicyclic) bond motifs is 1. The minimum absolute atomic E-state index is 0.512. The molecule has 0 amide bonds. The molecule has 0 bridgehead atoms. The molecule has 0 radical (unpaired) electrons. The Morgan fingerprint density at radius 1 is 1.11 bits per heavy atom. The molecule has 2 nitrogen and oxygen atoms in total. The van der Waals surface area contributed by atoms with Gasteiger partial charge in [0.25, 0.3) is 0 Å². The molecular weight excluding hydrogens is 279 g/mol. The zero-order chi connectivity index (χ0) is 13.4. The number of hydrogen-bond donors (Lipinski definition) is 0. The lowest BCUT2D eigenvalue weighted by Gasteiger charge is -2.08. The molecule has 2 heterocycles. The molecule has 96 valence electrons. The van der Waals surface area contributed by atoms with E-state index < -0.39 is 0 Å². The molecule has 19 heavy (non-hydrogen) atoms. The summed E-state index contributed by atoms with van der Waals surface area (Å²) in [4.78, 5) is 4.36. The maximum atomic E-state index is 6.07. The van der Waals surface area contributed by atoms with Crippen LogP contribution in [0.2, 0.25) is 10.2 Å². The number of benzene rings is 1. The van der Waals surface area contributed by atoms with E-state index in [0.717, 1.165) is 33.9 Å². The maximum Gasteiger partial charge on any atom is 0.129 e. The number of aromatic nitrogens is 2. The summed E-state index contributed by atoms with van der Waals surface area (Å²) in [5, 5.41) is 1.25. The first-order valence-electron chi connectivity index (χ1n) is 6.11. The van der Waals surface area contributed by atoms with Gasteiger partial charge in [0.1, 0.15) is 5.15 Å². The summed E-state index contributed by atoms with van der Waals surface area (Å²) in [6.07, 6.45) is 0. The van der Waals surface area contributed by atoms with Crippen molar-refractivity contribution in [2.24, 2.45) is 0 Å². The van der Waals surface area contributed by atoms with E-state index in [0.29, 0.717) is 5.15 Å². The van der Waals surface area contributed by atoms with Gasteiger partial charge in [-0.2, -0.15) is 0 Å². The van der Waals surface area contributed by atoms with E-state index in [-0.39, 0.29) is 0 Å². The predicted molar refractivity (Wildman–Crippen MR) is 80.9 cm³/mol. The van der Waals surface area contributed by atoms with Gasteiger partial charge in [0.15, 0.2) is 0 Å². The van der Waals surface area contributed by atoms with Gasteiger partial charge in [-0.1, -0.05) is 35.3 Å². The second-order valence-electron chi connectivity index (χ2n) is 4.32. The third-order valence-electron chi connectivity index (χ3n) is 3.16. The Morgan fingerprint density at radius 3 is 2.68 bits per heavy atom. The van der Waals surface area contributed by atoms with Gasteiger partial charge in [0, 0.05) is 11.6 Å². The third-order valence-corrected chi connectivity index (χ3v) is 3.61. The van der Waals surface area contributed by atoms with Gasteiger partial charge in [-0.25, -0.2) is 4.98 Å². The highest BCUT2D eigenvalue weighted by Gasteiger charge is 2.11. The molecule has 3 aromatic rings. The van der Waals surface area contributed by atoms with Crippen molar-refractivity contribution in [2.75, 3.05) is 0 Å². The van der Waals surface area contributed by atoms with Crippen LogP contribution in [0.5, 0.6) is 0 Å². The van der Waals surface area contributed by atoms with Crippen LogP contribution in [0, 0.1) is 0 Å². The van der Waals surface area contributed by atoms with Crippen LogP contribution in [0.3, 0.4) is 0 Å². The Labute approximate surface area is 121 Å². The van der Waals surface area contributed by atoms with Crippen LogP contribution in [0.1, 0.15) is 6.92 Å². The van der Waals surface area contributed by atoms with Crippen molar-refractivity contribution >= 4 is 34.2 Å². The fraction of sp³-hybridized carbons (Fsp3) is 0.133. The van der Waals surface area contributed by atoms with Gasteiger partial charge in [-0.15, -0.1) is 0 Å².